The number of aliphatic carboxylic acids is 4. The van der Waals surface area contributed by atoms with Crippen molar-refractivity contribution in [1.82, 2.24) is 29.4 Å². The summed E-state index contributed by atoms with van der Waals surface area (Å²) in [6.07, 6.45) is 0. The third kappa shape index (κ3) is 20.5. The summed E-state index contributed by atoms with van der Waals surface area (Å²) in [5.74, 6) is -9.32. The number of nitrogens with zero attached hydrogens (tertiary/aromatic N) is 6. The van der Waals surface area contributed by atoms with Crippen LogP contribution in [0.3, 0.4) is 0 Å². The molecule has 0 aromatic rings. The zero-order valence-electron chi connectivity index (χ0n) is 49.4. The smallest absolute Gasteiger partial charge is 0.330 e. The maximum Gasteiger partial charge on any atom is 0.330 e. The van der Waals surface area contributed by atoms with Gasteiger partial charge < -0.3 is 68.8 Å². The van der Waals surface area contributed by atoms with E-state index in [1.807, 2.05) is 27.7 Å². The van der Waals surface area contributed by atoms with Gasteiger partial charge in [0.05, 0.1) is 63.7 Å². The van der Waals surface area contributed by atoms with Gasteiger partial charge in [0.2, 0.25) is 47.1 Å². The number of thioether (sulfide) groups is 6. The van der Waals surface area contributed by atoms with Crippen molar-refractivity contribution in [3.8, 4) is 0 Å². The fourth-order valence-electron chi connectivity index (χ4n) is 8.70. The first-order valence-corrected chi connectivity index (χ1v) is 30.6. The molecule has 480 valence electrons. The summed E-state index contributed by atoms with van der Waals surface area (Å²) in [7, 11) is 35.5. The highest BCUT2D eigenvalue weighted by Gasteiger charge is 2.57. The molecule has 6 fully saturated rings. The van der Waals surface area contributed by atoms with Crippen LogP contribution in [0.4, 0.5) is 28.8 Å². The number of esters is 4. The van der Waals surface area contributed by atoms with Crippen LogP contribution in [-0.2, 0) is 57.3 Å². The number of hydrogen-bond acceptors (Lipinski definition) is 24. The Morgan fingerprint density at radius 2 is 0.477 bits per heavy atom. The normalized spacial score (nSPS) is 26.1. The van der Waals surface area contributed by atoms with Crippen molar-refractivity contribution >= 4 is 200 Å². The van der Waals surface area contributed by atoms with Gasteiger partial charge in [0.25, 0.3) is 0 Å². The van der Waals surface area contributed by atoms with Crippen LogP contribution in [0.25, 0.3) is 0 Å². The molecule has 40 heteroatoms. The quantitative estimate of drug-likeness (QED) is 0.154. The molecule has 0 saturated carbocycles. The second kappa shape index (κ2) is 34.5. The van der Waals surface area contributed by atoms with Crippen LogP contribution in [0.2, 0.25) is 0 Å². The molecule has 6 aliphatic rings. The van der Waals surface area contributed by atoms with Gasteiger partial charge in [-0.15, -0.1) is 70.6 Å². The molecule has 28 nitrogen and oxygen atoms in total. The number of carbonyl (C=O) groups excluding carboxylic acids is 10. The molecule has 12 radical (unpaired) electrons. The number of hydrogen-bond donors (Lipinski definition) is 4. The van der Waals surface area contributed by atoms with Crippen LogP contribution >= 0.6 is 70.6 Å². The number of rotatable bonds is 8. The maximum atomic E-state index is 11.5. The van der Waals surface area contributed by atoms with E-state index in [9.17, 15) is 67.1 Å². The third-order valence-electron chi connectivity index (χ3n) is 13.6. The highest BCUT2D eigenvalue weighted by Crippen LogP contribution is 2.44. The second-order valence-corrected chi connectivity index (χ2v) is 30.1. The lowest BCUT2D eigenvalue weighted by Gasteiger charge is -2.28. The number of amides is 6. The average Bonchev–Trinajstić information content (AvgIpc) is 4.17. The average molecular weight is 1340 g/mol. The molecule has 6 amide bonds. The summed E-state index contributed by atoms with van der Waals surface area (Å²) in [5, 5.41) is 36.0. The molecule has 88 heavy (non-hydrogen) atoms. The summed E-state index contributed by atoms with van der Waals surface area (Å²) in [6.45, 7) is 17.5. The largest absolute Gasteiger partial charge is 0.480 e. The Hall–Kier alpha value is -4.93. The van der Waals surface area contributed by atoms with Crippen LogP contribution in [-0.4, -0.2) is 308 Å². The van der Waals surface area contributed by atoms with Gasteiger partial charge in [0.1, 0.15) is 33.7 Å². The number of carboxylic acids is 4. The molecular formula is C48H72B6N6O22S6. The van der Waals surface area contributed by atoms with Gasteiger partial charge in [-0.3, -0.25) is 38.4 Å². The second-order valence-electron chi connectivity index (χ2n) is 20.9. The van der Waals surface area contributed by atoms with Crippen molar-refractivity contribution in [3.05, 3.63) is 0 Å². The molecule has 0 aromatic heterocycles. The summed E-state index contributed by atoms with van der Waals surface area (Å²) in [5.41, 5.74) is 0. The Morgan fingerprint density at radius 3 is 0.636 bits per heavy atom. The van der Waals surface area contributed by atoms with E-state index in [1.165, 1.54) is 94.7 Å². The fraction of sp³-hybridized carbons (Fsp3) is 0.708. The molecule has 8 atom stereocenters. The van der Waals surface area contributed by atoms with Gasteiger partial charge >= 0.3 is 47.8 Å². The molecule has 4 N–H and O–H groups in total. The lowest BCUT2D eigenvalue weighted by molar-refractivity contribution is -0.152. The van der Waals surface area contributed by atoms with Crippen molar-refractivity contribution in [1.29, 1.82) is 0 Å². The number of methoxy groups -OCH3 is 4. The Labute approximate surface area is 545 Å². The molecule has 0 spiro atoms. The Kier molecular flexibility index (Phi) is 33.4. The van der Waals surface area contributed by atoms with Crippen molar-refractivity contribution in [3.63, 3.8) is 0 Å². The van der Waals surface area contributed by atoms with Crippen LogP contribution < -0.4 is 0 Å². The molecule has 0 aromatic carbocycles. The van der Waals surface area contributed by atoms with E-state index in [-0.39, 0.29) is 36.1 Å². The summed E-state index contributed by atoms with van der Waals surface area (Å²) in [4.78, 5) is 163. The van der Waals surface area contributed by atoms with Gasteiger partial charge in [-0.05, 0) is 69.2 Å². The van der Waals surface area contributed by atoms with Crippen LogP contribution in [0, 0.1) is 0 Å². The van der Waals surface area contributed by atoms with E-state index in [0.29, 0.717) is 23.5 Å². The Morgan fingerprint density at radius 1 is 0.318 bits per heavy atom. The number of ether oxygens (including phenoxy) is 4. The van der Waals surface area contributed by atoms with Gasteiger partial charge in [0, 0.05) is 19.0 Å². The summed E-state index contributed by atoms with van der Waals surface area (Å²) >= 11 is 7.79. The maximum absolute atomic E-state index is 11.5. The van der Waals surface area contributed by atoms with Crippen LogP contribution in [0.1, 0.15) is 84.1 Å². The fourth-order valence-corrected chi connectivity index (χ4v) is 15.6. The zero-order valence-corrected chi connectivity index (χ0v) is 54.3. The molecule has 6 heterocycles. The highest BCUT2D eigenvalue weighted by molar-refractivity contribution is 8.02. The van der Waals surface area contributed by atoms with Gasteiger partial charge in [-0.25, -0.2) is 28.8 Å². The standard InChI is InChI=1S/2C8H10BNO5S.2C8H12BNO3S.2C7H10BNO3S.2CH4/c2*1-8(6(12)13)4(5(11)15-2)10(3-16-8)7(9)14;2*1-8(2)5(6(11)13-3)10(4-14-8)7(9)12;2*1-7(2)4(5(10)11)9(3-13-7)6(8)12;;/h2*4H,3H2,1-2H3,(H,12,13);2*5H,4H2,1-3H3;2*4H,3H2,1-2H3,(H,10,11);2*1H4. The van der Waals surface area contributed by atoms with E-state index in [0.717, 1.165) is 47.5 Å². The van der Waals surface area contributed by atoms with Crippen LogP contribution in [0.5, 0.6) is 0 Å². The predicted molar refractivity (Wildman–Crippen MR) is 341 cm³/mol. The topological polar surface area (TPSA) is 376 Å². The van der Waals surface area contributed by atoms with Crippen LogP contribution in [0.15, 0.2) is 0 Å². The lowest BCUT2D eigenvalue weighted by atomic mass is 9.97. The molecular weight excluding hydrogens is 1270 g/mol. The van der Waals surface area contributed by atoms with Gasteiger partial charge in [-0.1, -0.05) is 14.9 Å². The predicted octanol–water partition coefficient (Wildman–Crippen LogP) is 2.83. The van der Waals surface area contributed by atoms with E-state index in [4.69, 9.17) is 67.5 Å². The zero-order chi connectivity index (χ0) is 67.3. The van der Waals surface area contributed by atoms with E-state index in [2.05, 4.69) is 18.9 Å². The highest BCUT2D eigenvalue weighted by atomic mass is 32.2. The van der Waals surface area contributed by atoms with Crippen molar-refractivity contribution in [2.24, 2.45) is 0 Å². The third-order valence-corrected chi connectivity index (χ3v) is 21.9. The SMILES string of the molecule is C.C.[B]C(=O)N1CSC(C)(C(=O)O)C1C(=O)OC.[B]C(=O)N1CSC(C)(C(=O)O)C1C(=O)OC.[B]C(=O)N1CSC(C)(C)C1C(=O)O.[B]C(=O)N1CSC(C)(C)C1C(=O)O.[B]C(=O)N1CSC(C)(C)C1C(=O)OC.[B]C(=O)N1CSC(C)(C)C1C(=O)OC. The first-order chi connectivity index (χ1) is 39.2. The molecule has 0 aliphatic carbocycles. The lowest BCUT2D eigenvalue weighted by Crippen LogP contribution is -2.53. The van der Waals surface area contributed by atoms with Gasteiger partial charge in [-0.2, -0.15) is 0 Å². The van der Waals surface area contributed by atoms with E-state index in [1.54, 1.807) is 27.7 Å². The van der Waals surface area contributed by atoms with Crippen molar-refractivity contribution in [2.45, 2.75) is 149 Å². The first kappa shape index (κ1) is 85.1. The monoisotopic (exact) mass is 1340 g/mol. The Bertz CT molecular complexity index is 2470. The van der Waals surface area contributed by atoms with Crippen molar-refractivity contribution < 1.29 is 106 Å². The first-order valence-electron chi connectivity index (χ1n) is 24.6. The minimum Gasteiger partial charge on any atom is -0.480 e. The summed E-state index contributed by atoms with van der Waals surface area (Å²) < 4.78 is 13.8. The summed E-state index contributed by atoms with van der Waals surface area (Å²) in [6, 6.07) is -5.22. The molecule has 6 aliphatic heterocycles. The van der Waals surface area contributed by atoms with E-state index < -0.39 is 138 Å². The molecule has 6 rings (SSSR count). The minimum absolute atomic E-state index is 0. The molecule has 6 saturated heterocycles. The number of carbonyl (C=O) groups is 14. The molecule has 8 unspecified atom stereocenters. The van der Waals surface area contributed by atoms with Crippen molar-refractivity contribution in [2.75, 3.05) is 63.7 Å². The van der Waals surface area contributed by atoms with E-state index >= 15 is 0 Å². The number of carboxylic acid groups (broad SMARTS) is 4. The minimum atomic E-state index is -1.43. The Balaban J connectivity index is 0. The molecule has 0 bridgehead atoms. The van der Waals surface area contributed by atoms with Gasteiger partial charge in [0.15, 0.2) is 46.9 Å².